The predicted octanol–water partition coefficient (Wildman–Crippen LogP) is 1.29. The fourth-order valence-corrected chi connectivity index (χ4v) is 3.25. The Morgan fingerprint density at radius 3 is 2.76 bits per heavy atom. The highest BCUT2D eigenvalue weighted by molar-refractivity contribution is 7.12. The van der Waals surface area contributed by atoms with Crippen molar-refractivity contribution in [3.05, 3.63) is 22.4 Å². The van der Waals surface area contributed by atoms with Gasteiger partial charge < -0.3 is 14.9 Å². The number of thiophene rings is 1. The van der Waals surface area contributed by atoms with Crippen molar-refractivity contribution in [2.75, 3.05) is 20.1 Å². The van der Waals surface area contributed by atoms with Crippen LogP contribution in [0.25, 0.3) is 0 Å². The van der Waals surface area contributed by atoms with Gasteiger partial charge in [-0.15, -0.1) is 11.3 Å². The molecule has 1 unspecified atom stereocenters. The molecule has 0 spiro atoms. The zero-order chi connectivity index (χ0) is 15.6. The molecule has 1 fully saturated rings. The van der Waals surface area contributed by atoms with Crippen molar-refractivity contribution in [3.63, 3.8) is 0 Å². The van der Waals surface area contributed by atoms with Crippen molar-refractivity contribution in [3.8, 4) is 0 Å². The summed E-state index contributed by atoms with van der Waals surface area (Å²) in [5.41, 5.74) is -1.16. The maximum absolute atomic E-state index is 12.3. The minimum Gasteiger partial charge on any atom is -0.480 e. The molecule has 1 aliphatic rings. The van der Waals surface area contributed by atoms with Gasteiger partial charge in [0.2, 0.25) is 5.91 Å². The van der Waals surface area contributed by atoms with E-state index in [9.17, 15) is 19.5 Å². The van der Waals surface area contributed by atoms with E-state index in [4.69, 9.17) is 0 Å². The van der Waals surface area contributed by atoms with E-state index >= 15 is 0 Å². The van der Waals surface area contributed by atoms with Gasteiger partial charge in [0.25, 0.3) is 5.91 Å². The number of likely N-dealkylation sites (tertiary alicyclic amines) is 1. The molecule has 1 saturated heterocycles. The van der Waals surface area contributed by atoms with Crippen molar-refractivity contribution in [2.24, 2.45) is 0 Å². The Morgan fingerprint density at radius 1 is 1.48 bits per heavy atom. The van der Waals surface area contributed by atoms with Gasteiger partial charge in [0.1, 0.15) is 5.54 Å². The molecule has 0 radical (unpaired) electrons. The number of carboxylic acids is 1. The van der Waals surface area contributed by atoms with Crippen molar-refractivity contribution in [1.82, 2.24) is 9.80 Å². The van der Waals surface area contributed by atoms with E-state index < -0.39 is 11.5 Å². The average molecular weight is 310 g/mol. The monoisotopic (exact) mass is 310 g/mol. The van der Waals surface area contributed by atoms with Crippen LogP contribution in [0, 0.1) is 0 Å². The van der Waals surface area contributed by atoms with E-state index in [1.165, 1.54) is 21.1 Å². The molecule has 0 aromatic carbocycles. The molecule has 7 heteroatoms. The van der Waals surface area contributed by atoms with Crippen LogP contribution in [-0.4, -0.2) is 58.4 Å². The first kappa shape index (κ1) is 15.5. The second-order valence-corrected chi connectivity index (χ2v) is 6.31. The lowest BCUT2D eigenvalue weighted by Crippen LogP contribution is -2.53. The molecule has 21 heavy (non-hydrogen) atoms. The highest BCUT2D eigenvalue weighted by atomic mass is 32.1. The van der Waals surface area contributed by atoms with Gasteiger partial charge in [-0.1, -0.05) is 6.07 Å². The number of hydrogen-bond acceptors (Lipinski definition) is 4. The summed E-state index contributed by atoms with van der Waals surface area (Å²) in [5.74, 6) is -1.56. The van der Waals surface area contributed by atoms with Crippen LogP contribution in [-0.2, 0) is 9.59 Å². The number of likely N-dealkylation sites (N-methyl/N-ethyl adjacent to an activating group) is 1. The van der Waals surface area contributed by atoms with Gasteiger partial charge in [0, 0.05) is 13.6 Å². The SMILES string of the molecule is CN(CC(=O)N1CCCC1(C)C(=O)O)C(=O)c1cccs1. The van der Waals surface area contributed by atoms with Crippen LogP contribution in [0.15, 0.2) is 17.5 Å². The summed E-state index contributed by atoms with van der Waals surface area (Å²) in [6, 6.07) is 3.47. The standard InChI is InChI=1S/C14H18N2O4S/c1-14(13(19)20)6-4-7-16(14)11(17)9-15(2)12(18)10-5-3-8-21-10/h3,5,8H,4,6-7,9H2,1-2H3,(H,19,20). The van der Waals surface area contributed by atoms with Crippen LogP contribution in [0.1, 0.15) is 29.4 Å². The van der Waals surface area contributed by atoms with E-state index in [0.717, 1.165) is 0 Å². The number of aliphatic carboxylic acids is 1. The summed E-state index contributed by atoms with van der Waals surface area (Å²) in [6.07, 6.45) is 1.10. The van der Waals surface area contributed by atoms with Crippen LogP contribution < -0.4 is 0 Å². The molecule has 2 rings (SSSR count). The molecule has 1 N–H and O–H groups in total. The first-order valence-electron chi connectivity index (χ1n) is 6.69. The van der Waals surface area contributed by atoms with Crippen molar-refractivity contribution >= 4 is 29.1 Å². The largest absolute Gasteiger partial charge is 0.480 e. The molecule has 1 aromatic rings. The van der Waals surface area contributed by atoms with Crippen LogP contribution in [0.5, 0.6) is 0 Å². The van der Waals surface area contributed by atoms with Crippen LogP contribution >= 0.6 is 11.3 Å². The quantitative estimate of drug-likeness (QED) is 0.909. The molecule has 0 aliphatic carbocycles. The normalized spacial score (nSPS) is 21.3. The lowest BCUT2D eigenvalue weighted by atomic mass is 9.99. The van der Waals surface area contributed by atoms with Gasteiger partial charge in [-0.25, -0.2) is 4.79 Å². The van der Waals surface area contributed by atoms with Crippen molar-refractivity contribution < 1.29 is 19.5 Å². The molecule has 0 bridgehead atoms. The average Bonchev–Trinajstić information content (AvgIpc) is 3.07. The molecule has 0 saturated carbocycles. The highest BCUT2D eigenvalue weighted by Crippen LogP contribution is 2.29. The topological polar surface area (TPSA) is 77.9 Å². The van der Waals surface area contributed by atoms with E-state index in [1.807, 2.05) is 0 Å². The molecule has 1 atom stereocenters. The molecule has 1 aliphatic heterocycles. The fraction of sp³-hybridized carbons (Fsp3) is 0.500. The molecular formula is C14H18N2O4S. The lowest BCUT2D eigenvalue weighted by Gasteiger charge is -2.32. The Labute approximate surface area is 127 Å². The van der Waals surface area contributed by atoms with E-state index in [1.54, 1.807) is 31.5 Å². The Kier molecular flexibility index (Phi) is 4.32. The Bertz CT molecular complexity index is 557. The van der Waals surface area contributed by atoms with Gasteiger partial charge in [-0.2, -0.15) is 0 Å². The number of nitrogens with zero attached hydrogens (tertiary/aromatic N) is 2. The maximum atomic E-state index is 12.3. The highest BCUT2D eigenvalue weighted by Gasteiger charge is 2.46. The zero-order valence-corrected chi connectivity index (χ0v) is 12.9. The van der Waals surface area contributed by atoms with Crippen LogP contribution in [0.4, 0.5) is 0 Å². The Balaban J connectivity index is 2.04. The van der Waals surface area contributed by atoms with Gasteiger partial charge in [-0.05, 0) is 31.2 Å². The first-order valence-corrected chi connectivity index (χ1v) is 7.57. The van der Waals surface area contributed by atoms with Gasteiger partial charge >= 0.3 is 5.97 Å². The Morgan fingerprint density at radius 2 is 2.19 bits per heavy atom. The van der Waals surface area contributed by atoms with E-state index in [0.29, 0.717) is 24.3 Å². The first-order chi connectivity index (χ1) is 9.86. The number of amides is 2. The van der Waals surface area contributed by atoms with Crippen molar-refractivity contribution in [1.29, 1.82) is 0 Å². The van der Waals surface area contributed by atoms with Crippen LogP contribution in [0.3, 0.4) is 0 Å². The molecular weight excluding hydrogens is 292 g/mol. The van der Waals surface area contributed by atoms with Crippen LogP contribution in [0.2, 0.25) is 0 Å². The summed E-state index contributed by atoms with van der Waals surface area (Å²) in [7, 11) is 1.55. The second kappa shape index (κ2) is 5.85. The third kappa shape index (κ3) is 2.92. The zero-order valence-electron chi connectivity index (χ0n) is 12.0. The summed E-state index contributed by atoms with van der Waals surface area (Å²) in [5, 5.41) is 11.1. The van der Waals surface area contributed by atoms with E-state index in [-0.39, 0.29) is 18.4 Å². The lowest BCUT2D eigenvalue weighted by molar-refractivity contribution is -0.155. The predicted molar refractivity (Wildman–Crippen MR) is 78.3 cm³/mol. The third-order valence-corrected chi connectivity index (χ3v) is 4.71. The Hall–Kier alpha value is -1.89. The maximum Gasteiger partial charge on any atom is 0.329 e. The molecule has 6 nitrogen and oxygen atoms in total. The van der Waals surface area contributed by atoms with Crippen molar-refractivity contribution in [2.45, 2.75) is 25.3 Å². The van der Waals surface area contributed by atoms with E-state index in [2.05, 4.69) is 0 Å². The smallest absolute Gasteiger partial charge is 0.329 e. The molecule has 2 amide bonds. The van der Waals surface area contributed by atoms with Gasteiger partial charge in [-0.3, -0.25) is 9.59 Å². The van der Waals surface area contributed by atoms with Gasteiger partial charge in [0.05, 0.1) is 11.4 Å². The fourth-order valence-electron chi connectivity index (χ4n) is 2.53. The number of rotatable bonds is 4. The molecule has 1 aromatic heterocycles. The minimum absolute atomic E-state index is 0.112. The second-order valence-electron chi connectivity index (χ2n) is 5.37. The van der Waals surface area contributed by atoms with Gasteiger partial charge in [0.15, 0.2) is 0 Å². The summed E-state index contributed by atoms with van der Waals surface area (Å²) >= 11 is 1.31. The number of carbonyl (C=O) groups excluding carboxylic acids is 2. The third-order valence-electron chi connectivity index (χ3n) is 3.85. The number of carboxylic acid groups (broad SMARTS) is 1. The summed E-state index contributed by atoms with van der Waals surface area (Å²) in [6.45, 7) is 1.86. The number of carbonyl (C=O) groups is 3. The number of hydrogen-bond donors (Lipinski definition) is 1. The summed E-state index contributed by atoms with van der Waals surface area (Å²) in [4.78, 5) is 39.1. The molecule has 114 valence electrons. The molecule has 2 heterocycles. The summed E-state index contributed by atoms with van der Waals surface area (Å²) < 4.78 is 0. The minimum atomic E-state index is -1.16.